The number of hydrogen-bond donors (Lipinski definition) is 3. The van der Waals surface area contributed by atoms with Crippen LogP contribution in [-0.2, 0) is 6.54 Å². The van der Waals surface area contributed by atoms with Gasteiger partial charge in [0.25, 0.3) is 0 Å². The molecule has 1 saturated heterocycles. The minimum Gasteiger partial charge on any atom is -0.336 e. The largest absolute Gasteiger partial charge is 0.336 e. The summed E-state index contributed by atoms with van der Waals surface area (Å²) in [6, 6.07) is -0.350. The summed E-state index contributed by atoms with van der Waals surface area (Å²) in [5, 5.41) is 12.8. The Morgan fingerprint density at radius 3 is 2.77 bits per heavy atom. The van der Waals surface area contributed by atoms with E-state index in [1.54, 1.807) is 4.90 Å². The third kappa shape index (κ3) is 3.69. The van der Waals surface area contributed by atoms with Gasteiger partial charge in [-0.1, -0.05) is 6.92 Å². The second-order valence-corrected chi connectivity index (χ2v) is 5.37. The standard InChI is InChI=1S/C14H24N6O2/c1-4-7-20-11(3)12(10(2)18-20)17-13(21)15-5-8-19-9-6-16-14(19)22/h4-9H2,1-3H3,(H,16,22)(H2,15,17,21). The van der Waals surface area contributed by atoms with Crippen molar-refractivity contribution in [1.82, 2.24) is 25.3 Å². The Morgan fingerprint density at radius 2 is 2.14 bits per heavy atom. The van der Waals surface area contributed by atoms with Crippen molar-refractivity contribution in [2.75, 3.05) is 31.5 Å². The topological polar surface area (TPSA) is 91.3 Å². The maximum Gasteiger partial charge on any atom is 0.319 e. The summed E-state index contributed by atoms with van der Waals surface area (Å²) in [5.74, 6) is 0. The predicted octanol–water partition coefficient (Wildman–Crippen LogP) is 1.06. The molecule has 0 unspecified atom stereocenters. The summed E-state index contributed by atoms with van der Waals surface area (Å²) in [6.45, 7) is 9.02. The number of aromatic nitrogens is 2. The number of carbonyl (C=O) groups excluding carboxylic acids is 2. The molecule has 0 radical (unpaired) electrons. The van der Waals surface area contributed by atoms with Gasteiger partial charge in [-0.3, -0.25) is 4.68 Å². The molecule has 3 N–H and O–H groups in total. The molecule has 1 aromatic rings. The van der Waals surface area contributed by atoms with Crippen LogP contribution in [-0.4, -0.2) is 52.9 Å². The minimum absolute atomic E-state index is 0.0743. The predicted molar refractivity (Wildman–Crippen MR) is 84.0 cm³/mol. The quantitative estimate of drug-likeness (QED) is 0.734. The Bertz CT molecular complexity index is 554. The van der Waals surface area contributed by atoms with E-state index in [9.17, 15) is 9.59 Å². The number of amides is 4. The molecule has 1 aliphatic rings. The van der Waals surface area contributed by atoms with E-state index in [-0.39, 0.29) is 12.1 Å². The average molecular weight is 308 g/mol. The Hall–Kier alpha value is -2.25. The molecule has 2 heterocycles. The maximum atomic E-state index is 12.0. The van der Waals surface area contributed by atoms with Crippen molar-refractivity contribution >= 4 is 17.7 Å². The van der Waals surface area contributed by atoms with Gasteiger partial charge in [0, 0.05) is 32.7 Å². The van der Waals surface area contributed by atoms with Gasteiger partial charge >= 0.3 is 12.1 Å². The molecule has 22 heavy (non-hydrogen) atoms. The molecule has 4 amide bonds. The highest BCUT2D eigenvalue weighted by molar-refractivity contribution is 5.90. The van der Waals surface area contributed by atoms with E-state index < -0.39 is 0 Å². The monoisotopic (exact) mass is 308 g/mol. The highest BCUT2D eigenvalue weighted by Crippen LogP contribution is 2.19. The Labute approximate surface area is 130 Å². The van der Waals surface area contributed by atoms with Crippen molar-refractivity contribution in [2.45, 2.75) is 33.7 Å². The van der Waals surface area contributed by atoms with Crippen molar-refractivity contribution in [3.8, 4) is 0 Å². The van der Waals surface area contributed by atoms with Crippen molar-refractivity contribution in [3.63, 3.8) is 0 Å². The van der Waals surface area contributed by atoms with Crippen LogP contribution < -0.4 is 16.0 Å². The number of nitrogens with zero attached hydrogens (tertiary/aromatic N) is 3. The van der Waals surface area contributed by atoms with E-state index in [0.29, 0.717) is 26.2 Å². The molecule has 1 aliphatic heterocycles. The molecule has 122 valence electrons. The lowest BCUT2D eigenvalue weighted by Gasteiger charge is -2.14. The van der Waals surface area contributed by atoms with Crippen molar-refractivity contribution in [3.05, 3.63) is 11.4 Å². The first-order valence-electron chi connectivity index (χ1n) is 7.64. The summed E-state index contributed by atoms with van der Waals surface area (Å²) in [5.41, 5.74) is 2.51. The van der Waals surface area contributed by atoms with E-state index in [1.165, 1.54) is 0 Å². The van der Waals surface area contributed by atoms with E-state index >= 15 is 0 Å². The van der Waals surface area contributed by atoms with Crippen LogP contribution in [0.25, 0.3) is 0 Å². The summed E-state index contributed by atoms with van der Waals surface area (Å²) in [4.78, 5) is 25.0. The molecule has 0 bridgehead atoms. The zero-order valence-corrected chi connectivity index (χ0v) is 13.4. The molecule has 0 atom stereocenters. The van der Waals surface area contributed by atoms with E-state index in [2.05, 4.69) is 28.0 Å². The number of hydrogen-bond acceptors (Lipinski definition) is 3. The van der Waals surface area contributed by atoms with Gasteiger partial charge in [0.1, 0.15) is 0 Å². The number of nitrogens with one attached hydrogen (secondary N) is 3. The fraction of sp³-hybridized carbons (Fsp3) is 0.643. The van der Waals surface area contributed by atoms with Crippen molar-refractivity contribution in [1.29, 1.82) is 0 Å². The second kappa shape index (κ2) is 7.15. The van der Waals surface area contributed by atoms with Crippen LogP contribution in [0.2, 0.25) is 0 Å². The van der Waals surface area contributed by atoms with Gasteiger partial charge in [-0.05, 0) is 20.3 Å². The van der Waals surface area contributed by atoms with Gasteiger partial charge in [0.2, 0.25) is 0 Å². The van der Waals surface area contributed by atoms with E-state index in [4.69, 9.17) is 0 Å². The maximum absolute atomic E-state index is 12.0. The van der Waals surface area contributed by atoms with Crippen LogP contribution in [0, 0.1) is 13.8 Å². The first-order valence-corrected chi connectivity index (χ1v) is 7.64. The minimum atomic E-state index is -0.276. The molecular weight excluding hydrogens is 284 g/mol. The van der Waals surface area contributed by atoms with Gasteiger partial charge in [-0.25, -0.2) is 9.59 Å². The lowest BCUT2D eigenvalue weighted by atomic mass is 10.3. The molecule has 1 fully saturated rings. The van der Waals surface area contributed by atoms with Crippen molar-refractivity contribution in [2.24, 2.45) is 0 Å². The number of urea groups is 2. The lowest BCUT2D eigenvalue weighted by molar-refractivity contribution is 0.216. The van der Waals surface area contributed by atoms with Crippen molar-refractivity contribution < 1.29 is 9.59 Å². The molecule has 0 aromatic carbocycles. The molecule has 2 rings (SSSR count). The van der Waals surface area contributed by atoms with Crippen LogP contribution in [0.3, 0.4) is 0 Å². The van der Waals surface area contributed by atoms with Crippen LogP contribution >= 0.6 is 0 Å². The fourth-order valence-corrected chi connectivity index (χ4v) is 2.49. The molecule has 8 heteroatoms. The summed E-state index contributed by atoms with van der Waals surface area (Å²) in [6.07, 6.45) is 0.992. The van der Waals surface area contributed by atoms with Crippen LogP contribution in [0.1, 0.15) is 24.7 Å². The molecule has 0 spiro atoms. The molecule has 8 nitrogen and oxygen atoms in total. The SMILES string of the molecule is CCCn1nc(C)c(NC(=O)NCCN2CCNC2=O)c1C. The zero-order chi connectivity index (χ0) is 16.1. The van der Waals surface area contributed by atoms with Gasteiger partial charge in [-0.2, -0.15) is 5.10 Å². The van der Waals surface area contributed by atoms with Gasteiger partial charge in [0.15, 0.2) is 0 Å². The summed E-state index contributed by atoms with van der Waals surface area (Å²) < 4.78 is 1.90. The lowest BCUT2D eigenvalue weighted by Crippen LogP contribution is -2.38. The summed E-state index contributed by atoms with van der Waals surface area (Å²) >= 11 is 0. The highest BCUT2D eigenvalue weighted by Gasteiger charge is 2.19. The normalized spacial score (nSPS) is 14.1. The third-order valence-corrected chi connectivity index (χ3v) is 3.67. The van der Waals surface area contributed by atoms with Crippen LogP contribution in [0.5, 0.6) is 0 Å². The molecule has 0 aliphatic carbocycles. The molecule has 0 saturated carbocycles. The first kappa shape index (κ1) is 16.1. The molecule has 1 aromatic heterocycles. The zero-order valence-electron chi connectivity index (χ0n) is 13.4. The Balaban J connectivity index is 1.83. The highest BCUT2D eigenvalue weighted by atomic mass is 16.2. The van der Waals surface area contributed by atoms with Gasteiger partial charge in [-0.15, -0.1) is 0 Å². The number of aryl methyl sites for hydroxylation is 2. The fourth-order valence-electron chi connectivity index (χ4n) is 2.49. The number of anilines is 1. The first-order chi connectivity index (χ1) is 10.5. The second-order valence-electron chi connectivity index (χ2n) is 5.37. The van der Waals surface area contributed by atoms with Crippen LogP contribution in [0.15, 0.2) is 0 Å². The third-order valence-electron chi connectivity index (χ3n) is 3.67. The Kier molecular flexibility index (Phi) is 5.24. The number of rotatable bonds is 6. The van der Waals surface area contributed by atoms with Gasteiger partial charge < -0.3 is 20.9 Å². The van der Waals surface area contributed by atoms with E-state index in [1.807, 2.05) is 18.5 Å². The number of carbonyl (C=O) groups is 2. The smallest absolute Gasteiger partial charge is 0.319 e. The van der Waals surface area contributed by atoms with E-state index in [0.717, 1.165) is 30.0 Å². The van der Waals surface area contributed by atoms with Crippen LogP contribution in [0.4, 0.5) is 15.3 Å². The van der Waals surface area contributed by atoms with Gasteiger partial charge in [0.05, 0.1) is 17.1 Å². The summed E-state index contributed by atoms with van der Waals surface area (Å²) in [7, 11) is 0. The Morgan fingerprint density at radius 1 is 1.36 bits per heavy atom. The average Bonchev–Trinajstić information content (AvgIpc) is 2.99. The molecular formula is C14H24N6O2.